The van der Waals surface area contributed by atoms with Crippen LogP contribution in [0.15, 0.2) is 58.1 Å². The number of likely N-dealkylation sites (tertiary alicyclic amines) is 1. The average molecular weight is 1170 g/mol. The molecule has 440 valence electrons. The minimum atomic E-state index is -2.70. The third kappa shape index (κ3) is 10.3. The number of amides is 4. The second kappa shape index (κ2) is 23.2. The summed E-state index contributed by atoms with van der Waals surface area (Å²) in [4.78, 5) is 110. The van der Waals surface area contributed by atoms with Gasteiger partial charge in [-0.05, 0) is 142 Å². The molecule has 0 aromatic heterocycles. The SMILES string of the molecule is CC(C(=O)Nc1ccc2c(c1O)C(O)=C1C(=O)C3(O)C(O)=C(C(N)=O)C(=O)C(N(C)C)C3CC1C2)N(C)C.CC1CCN(CC(=O)Nc2ccc3c(c2O)C(O)=C2C(=O)C4(O)C(O)=C(C(N)=O)C(=O)[C@@H](N(C)C)C4CC2C3)CC1.Cl.Cl. The number of nitrogens with zero attached hydrogens (tertiary/aromatic N) is 4. The van der Waals surface area contributed by atoms with Gasteiger partial charge in [0.25, 0.3) is 11.8 Å². The molecule has 26 heteroatoms. The predicted octanol–water partition coefficient (Wildman–Crippen LogP) is 1.33. The van der Waals surface area contributed by atoms with Crippen molar-refractivity contribution in [3.05, 3.63) is 80.3 Å². The molecule has 0 spiro atoms. The van der Waals surface area contributed by atoms with Crippen molar-refractivity contribution in [2.75, 3.05) is 72.6 Å². The smallest absolute Gasteiger partial charge is 0.255 e. The van der Waals surface area contributed by atoms with Crippen LogP contribution in [0, 0.1) is 29.6 Å². The molecule has 9 rings (SSSR count). The number of hydrogen-bond acceptors (Lipinski definition) is 20. The van der Waals surface area contributed by atoms with Crippen LogP contribution in [0.4, 0.5) is 11.4 Å². The number of nitrogens with one attached hydrogen (secondary N) is 2. The topological polar surface area (TPSA) is 387 Å². The Labute approximate surface area is 478 Å². The van der Waals surface area contributed by atoms with E-state index >= 15 is 0 Å². The van der Waals surface area contributed by atoms with Crippen LogP contribution in [0.1, 0.15) is 61.8 Å². The number of rotatable bonds is 10. The summed E-state index contributed by atoms with van der Waals surface area (Å²) in [6, 6.07) is 3.47. The number of ketones is 4. The van der Waals surface area contributed by atoms with Crippen molar-refractivity contribution in [3.8, 4) is 11.5 Å². The number of phenols is 2. The number of carbonyl (C=O) groups excluding carboxylic acids is 8. The molecule has 1 aliphatic heterocycles. The number of fused-ring (bicyclic) bond motifs is 6. The maximum Gasteiger partial charge on any atom is 0.255 e. The molecule has 6 aliphatic carbocycles. The van der Waals surface area contributed by atoms with Gasteiger partial charge in [0.2, 0.25) is 23.4 Å². The van der Waals surface area contributed by atoms with Crippen molar-refractivity contribution in [3.63, 3.8) is 0 Å². The van der Waals surface area contributed by atoms with E-state index < -0.39 is 140 Å². The molecule has 2 saturated carbocycles. The first-order valence-corrected chi connectivity index (χ1v) is 25.9. The summed E-state index contributed by atoms with van der Waals surface area (Å²) in [5.74, 6) is -14.5. The zero-order chi connectivity index (χ0) is 58.4. The number of likely N-dealkylation sites (N-methyl/N-ethyl adjacent to an activating group) is 3. The number of benzene rings is 2. The van der Waals surface area contributed by atoms with Crippen molar-refractivity contribution in [2.45, 2.75) is 81.7 Å². The Bertz CT molecular complexity index is 3160. The van der Waals surface area contributed by atoms with Gasteiger partial charge in [-0.1, -0.05) is 19.1 Å². The van der Waals surface area contributed by atoms with Crippen LogP contribution in [0.3, 0.4) is 0 Å². The van der Waals surface area contributed by atoms with Gasteiger partial charge in [-0.25, -0.2) is 0 Å². The summed E-state index contributed by atoms with van der Waals surface area (Å²) in [5, 5.41) is 95.1. The number of aliphatic hydroxyl groups excluding tert-OH is 4. The highest BCUT2D eigenvalue weighted by molar-refractivity contribution is 6.26. The van der Waals surface area contributed by atoms with Gasteiger partial charge in [-0.2, -0.15) is 0 Å². The van der Waals surface area contributed by atoms with Crippen molar-refractivity contribution in [1.82, 2.24) is 19.6 Å². The Morgan fingerprint density at radius 3 is 1.40 bits per heavy atom. The maximum absolute atomic E-state index is 13.9. The van der Waals surface area contributed by atoms with Gasteiger partial charge in [0, 0.05) is 23.0 Å². The molecule has 14 N–H and O–H groups in total. The van der Waals surface area contributed by atoms with Crippen LogP contribution in [0.25, 0.3) is 11.5 Å². The van der Waals surface area contributed by atoms with Crippen molar-refractivity contribution >= 4 is 94.5 Å². The second-order valence-corrected chi connectivity index (χ2v) is 22.6. The largest absolute Gasteiger partial charge is 0.508 e. The third-order valence-corrected chi connectivity index (χ3v) is 17.1. The van der Waals surface area contributed by atoms with Crippen LogP contribution in [-0.4, -0.2) is 198 Å². The molecule has 7 aliphatic rings. The van der Waals surface area contributed by atoms with E-state index in [-0.39, 0.29) is 96.6 Å². The van der Waals surface area contributed by atoms with Crippen LogP contribution in [-0.2, 0) is 51.2 Å². The first-order valence-electron chi connectivity index (χ1n) is 25.9. The molecule has 2 aromatic rings. The number of nitrogens with two attached hydrogens (primary N) is 2. The molecule has 0 radical (unpaired) electrons. The fourth-order valence-corrected chi connectivity index (χ4v) is 12.7. The molecule has 4 amide bonds. The fourth-order valence-electron chi connectivity index (χ4n) is 12.7. The summed E-state index contributed by atoms with van der Waals surface area (Å²) in [5.41, 5.74) is 3.99. The molecule has 9 atom stereocenters. The summed E-state index contributed by atoms with van der Waals surface area (Å²) in [7, 11) is 9.61. The van der Waals surface area contributed by atoms with E-state index in [1.807, 2.05) is 4.90 Å². The molecule has 24 nitrogen and oxygen atoms in total. The van der Waals surface area contributed by atoms with E-state index in [2.05, 4.69) is 17.6 Å². The zero-order valence-corrected chi connectivity index (χ0v) is 47.5. The minimum absolute atomic E-state index is 0. The van der Waals surface area contributed by atoms with E-state index in [0.717, 1.165) is 25.9 Å². The molecular weight excluding hydrogens is 1100 g/mol. The second-order valence-electron chi connectivity index (χ2n) is 22.6. The highest BCUT2D eigenvalue weighted by Gasteiger charge is 2.66. The molecule has 81 heavy (non-hydrogen) atoms. The fraction of sp³-hybridized carbons (Fsp3) is 0.491. The predicted molar refractivity (Wildman–Crippen MR) is 298 cm³/mol. The normalized spacial score (nSPS) is 27.6. The summed E-state index contributed by atoms with van der Waals surface area (Å²) >= 11 is 0. The van der Waals surface area contributed by atoms with E-state index in [9.17, 15) is 79.2 Å². The van der Waals surface area contributed by atoms with Gasteiger partial charge in [-0.15, -0.1) is 24.8 Å². The lowest BCUT2D eigenvalue weighted by molar-refractivity contribution is -0.155. The number of hydrogen-bond donors (Lipinski definition) is 12. The highest BCUT2D eigenvalue weighted by atomic mass is 35.5. The summed E-state index contributed by atoms with van der Waals surface area (Å²) < 4.78 is 0. The van der Waals surface area contributed by atoms with Crippen LogP contribution < -0.4 is 22.1 Å². The first-order chi connectivity index (χ1) is 36.9. The molecule has 1 heterocycles. The Morgan fingerprint density at radius 1 is 0.654 bits per heavy atom. The third-order valence-electron chi connectivity index (χ3n) is 17.1. The Kier molecular flexibility index (Phi) is 18.1. The van der Waals surface area contributed by atoms with Crippen LogP contribution >= 0.6 is 24.8 Å². The number of piperidine rings is 1. The lowest BCUT2D eigenvalue weighted by Gasteiger charge is -2.50. The van der Waals surface area contributed by atoms with Gasteiger partial charge in [-0.3, -0.25) is 58.0 Å². The lowest BCUT2D eigenvalue weighted by atomic mass is 9.57. The number of primary amides is 2. The van der Waals surface area contributed by atoms with E-state index in [1.54, 1.807) is 66.2 Å². The molecule has 3 fully saturated rings. The number of aromatic hydroxyl groups is 2. The number of halogens is 2. The van der Waals surface area contributed by atoms with Crippen molar-refractivity contribution in [1.29, 1.82) is 0 Å². The summed E-state index contributed by atoms with van der Waals surface area (Å²) in [6.45, 7) is 5.58. The Balaban J connectivity index is 0.000000255. The van der Waals surface area contributed by atoms with Crippen LogP contribution in [0.5, 0.6) is 11.5 Å². The lowest BCUT2D eigenvalue weighted by Crippen LogP contribution is -2.65. The van der Waals surface area contributed by atoms with E-state index in [1.165, 1.54) is 21.9 Å². The van der Waals surface area contributed by atoms with E-state index in [4.69, 9.17) is 11.5 Å². The van der Waals surface area contributed by atoms with Crippen molar-refractivity contribution in [2.24, 2.45) is 41.1 Å². The minimum Gasteiger partial charge on any atom is -0.508 e. The van der Waals surface area contributed by atoms with Gasteiger partial charge in [0.1, 0.15) is 45.7 Å². The molecule has 1 saturated heterocycles. The Hall–Kier alpha value is -6.90. The first kappa shape index (κ1) is 63.3. The standard InChI is InChI=1S/C29H36N4O8.C26H32N4O8.2ClH/c1-13-6-8-33(9-7-13)12-18(34)31-17-5-4-14-10-15-11-16-22(32(2)3)25(37)21(28(30)40)27(39)29(16,41)26(38)20(15)24(36)19(14)23(17)35;1-10(29(2)3)25(37)28-14-7-6-11-8-12-9-13-18(30(4)5)21(33)17(24(27)36)23(35)26(13,38)22(34)16(12)20(32)15(11)19(14)31;;/h4-5,13,15-16,22,35-36,39,41H,6-12H2,1-3H3,(H2,30,40)(H,31,34);6-7,10,12-13,18,31-32,35,38H,8-9H2,1-5H3,(H2,27,36)(H,28,37);2*1H/t15?,16?,22-,29?;;;/m0.../s1. The Morgan fingerprint density at radius 2 is 1.04 bits per heavy atom. The van der Waals surface area contributed by atoms with Gasteiger partial charge in [0.05, 0.1) is 47.2 Å². The highest BCUT2D eigenvalue weighted by Crippen LogP contribution is 2.55. The van der Waals surface area contributed by atoms with Crippen LogP contribution in [0.2, 0.25) is 0 Å². The molecular formula is C55H70Cl2N8O16. The number of Topliss-reactive ketones (excluding diaryl/α,β-unsaturated/α-hetero) is 4. The van der Waals surface area contributed by atoms with Gasteiger partial charge < -0.3 is 63.0 Å². The van der Waals surface area contributed by atoms with Crippen molar-refractivity contribution < 1.29 is 79.2 Å². The molecule has 0 bridgehead atoms. The number of anilines is 2. The number of aliphatic hydroxyl groups is 6. The average Bonchev–Trinajstić information content (AvgIpc) is 3.44. The number of phenolic OH excluding ortho intramolecular Hbond substituents is 2. The van der Waals surface area contributed by atoms with Gasteiger partial charge in [0.15, 0.2) is 22.8 Å². The molecule has 2 aromatic carbocycles. The number of carbonyl (C=O) groups is 8. The zero-order valence-electron chi connectivity index (χ0n) is 45.9. The summed E-state index contributed by atoms with van der Waals surface area (Å²) in [6.07, 6.45) is 2.37. The monoisotopic (exact) mass is 1170 g/mol. The van der Waals surface area contributed by atoms with E-state index in [0.29, 0.717) is 17.0 Å². The molecule has 8 unspecified atom stereocenters. The van der Waals surface area contributed by atoms with Gasteiger partial charge >= 0.3 is 0 Å². The maximum atomic E-state index is 13.9. The quantitative estimate of drug-likeness (QED) is 0.118.